The number of aryl methyl sites for hydroxylation is 1. The van der Waals surface area contributed by atoms with Crippen LogP contribution in [0.5, 0.6) is 11.5 Å². The van der Waals surface area contributed by atoms with Crippen LogP contribution in [-0.2, 0) is 7.05 Å². The Hall–Kier alpha value is -2.36. The molecule has 1 unspecified atom stereocenters. The molecule has 1 aliphatic heterocycles. The highest BCUT2D eigenvalue weighted by Gasteiger charge is 2.47. The molecule has 1 atom stereocenters. The molecule has 0 aliphatic carbocycles. The highest BCUT2D eigenvalue weighted by atomic mass is 19.3. The SMILES string of the molecule is Cn1c(C#N)cc2cc3c(cc21)OC(F)(F)CC(C)(F)O3. The Labute approximate surface area is 118 Å². The van der Waals surface area contributed by atoms with Gasteiger partial charge in [0.25, 0.3) is 5.85 Å². The van der Waals surface area contributed by atoms with Crippen molar-refractivity contribution in [3.63, 3.8) is 0 Å². The van der Waals surface area contributed by atoms with Crippen molar-refractivity contribution >= 4 is 10.9 Å². The Morgan fingerprint density at radius 3 is 2.52 bits per heavy atom. The summed E-state index contributed by atoms with van der Waals surface area (Å²) < 4.78 is 52.4. The summed E-state index contributed by atoms with van der Waals surface area (Å²) in [5, 5.41) is 9.56. The van der Waals surface area contributed by atoms with Crippen molar-refractivity contribution in [1.29, 1.82) is 5.26 Å². The number of ether oxygens (including phenoxy) is 2. The molecule has 2 aromatic rings. The second-order valence-electron chi connectivity index (χ2n) is 5.18. The highest BCUT2D eigenvalue weighted by molar-refractivity contribution is 5.86. The lowest BCUT2D eigenvalue weighted by atomic mass is 10.2. The van der Waals surface area contributed by atoms with E-state index < -0.39 is 18.4 Å². The predicted octanol–water partition coefficient (Wildman–Crippen LogP) is 3.49. The number of nitrogens with zero attached hydrogens (tertiary/aromatic N) is 2. The summed E-state index contributed by atoms with van der Waals surface area (Å²) in [6, 6.07) is 6.26. The zero-order valence-electron chi connectivity index (χ0n) is 11.3. The molecule has 0 radical (unpaired) electrons. The maximum Gasteiger partial charge on any atom is 0.404 e. The summed E-state index contributed by atoms with van der Waals surface area (Å²) in [4.78, 5) is 0. The molecule has 110 valence electrons. The number of benzene rings is 1. The average molecular weight is 296 g/mol. The van der Waals surface area contributed by atoms with Crippen molar-refractivity contribution in [2.75, 3.05) is 0 Å². The minimum atomic E-state index is -3.67. The molecular weight excluding hydrogens is 285 g/mol. The zero-order chi connectivity index (χ0) is 15.4. The smallest absolute Gasteiger partial charge is 0.404 e. The molecular formula is C14H11F3N2O2. The van der Waals surface area contributed by atoms with Gasteiger partial charge in [-0.2, -0.15) is 18.4 Å². The number of alkyl halides is 3. The summed E-state index contributed by atoms with van der Waals surface area (Å²) in [7, 11) is 1.63. The topological polar surface area (TPSA) is 47.2 Å². The Balaban J connectivity index is 2.23. The fourth-order valence-corrected chi connectivity index (χ4v) is 2.44. The van der Waals surface area contributed by atoms with E-state index in [0.717, 1.165) is 6.92 Å². The van der Waals surface area contributed by atoms with Gasteiger partial charge in [0.05, 0.1) is 5.52 Å². The van der Waals surface area contributed by atoms with Crippen LogP contribution >= 0.6 is 0 Å². The fraction of sp³-hybridized carbons (Fsp3) is 0.357. The van der Waals surface area contributed by atoms with E-state index in [1.165, 1.54) is 16.7 Å². The molecule has 0 saturated heterocycles. The van der Waals surface area contributed by atoms with E-state index in [4.69, 9.17) is 10.00 Å². The van der Waals surface area contributed by atoms with Gasteiger partial charge < -0.3 is 14.0 Å². The number of hydrogen-bond acceptors (Lipinski definition) is 3. The third kappa shape index (κ3) is 2.27. The van der Waals surface area contributed by atoms with E-state index in [2.05, 4.69) is 4.74 Å². The van der Waals surface area contributed by atoms with Gasteiger partial charge in [-0.1, -0.05) is 0 Å². The largest absolute Gasteiger partial charge is 0.454 e. The first-order chi connectivity index (χ1) is 9.71. The summed E-state index contributed by atoms with van der Waals surface area (Å²) in [5.41, 5.74) is 0.868. The molecule has 21 heavy (non-hydrogen) atoms. The predicted molar refractivity (Wildman–Crippen MR) is 68.0 cm³/mol. The maximum absolute atomic E-state index is 14.0. The van der Waals surface area contributed by atoms with Gasteiger partial charge in [0.15, 0.2) is 11.5 Å². The fourth-order valence-electron chi connectivity index (χ4n) is 2.44. The van der Waals surface area contributed by atoms with Gasteiger partial charge in [-0.05, 0) is 12.1 Å². The Bertz CT molecular complexity index is 775. The van der Waals surface area contributed by atoms with Gasteiger partial charge in [0.1, 0.15) is 18.2 Å². The van der Waals surface area contributed by atoms with Crippen LogP contribution < -0.4 is 9.47 Å². The number of aromatic nitrogens is 1. The Morgan fingerprint density at radius 2 is 1.86 bits per heavy atom. The molecule has 4 nitrogen and oxygen atoms in total. The van der Waals surface area contributed by atoms with Crippen molar-refractivity contribution in [2.45, 2.75) is 25.3 Å². The van der Waals surface area contributed by atoms with Crippen LogP contribution in [0.15, 0.2) is 18.2 Å². The van der Waals surface area contributed by atoms with E-state index in [1.807, 2.05) is 6.07 Å². The lowest BCUT2D eigenvalue weighted by Crippen LogP contribution is -2.35. The standard InChI is InChI=1S/C14H11F3N2O2/c1-13(15)7-14(16,17)21-12-5-10-8(4-11(12)20-13)3-9(6-18)19(10)2/h3-5H,7H2,1-2H3. The van der Waals surface area contributed by atoms with Crippen LogP contribution in [0.1, 0.15) is 19.0 Å². The van der Waals surface area contributed by atoms with Gasteiger partial charge in [-0.3, -0.25) is 0 Å². The first kappa shape index (κ1) is 13.6. The Kier molecular flexibility index (Phi) is 2.64. The lowest BCUT2D eigenvalue weighted by molar-refractivity contribution is -0.215. The Morgan fingerprint density at radius 1 is 1.19 bits per heavy atom. The van der Waals surface area contributed by atoms with Crippen molar-refractivity contribution in [3.05, 3.63) is 23.9 Å². The molecule has 1 aliphatic rings. The molecule has 0 fully saturated rings. The molecule has 1 aromatic heterocycles. The molecule has 0 spiro atoms. The quantitative estimate of drug-likeness (QED) is 0.747. The molecule has 2 heterocycles. The van der Waals surface area contributed by atoms with Crippen LogP contribution in [0.25, 0.3) is 10.9 Å². The third-order valence-electron chi connectivity index (χ3n) is 3.33. The van der Waals surface area contributed by atoms with Gasteiger partial charge >= 0.3 is 6.11 Å². The number of hydrogen-bond donors (Lipinski definition) is 0. The zero-order valence-corrected chi connectivity index (χ0v) is 11.3. The van der Waals surface area contributed by atoms with Crippen LogP contribution in [-0.4, -0.2) is 16.5 Å². The van der Waals surface area contributed by atoms with Gasteiger partial charge in [0, 0.05) is 25.4 Å². The van der Waals surface area contributed by atoms with Crippen molar-refractivity contribution < 1.29 is 22.6 Å². The first-order valence-electron chi connectivity index (χ1n) is 6.19. The van der Waals surface area contributed by atoms with Crippen LogP contribution in [0.4, 0.5) is 13.2 Å². The molecule has 0 amide bonds. The van der Waals surface area contributed by atoms with Crippen LogP contribution in [0, 0.1) is 11.3 Å². The first-order valence-corrected chi connectivity index (χ1v) is 6.19. The van der Waals surface area contributed by atoms with Gasteiger partial charge in [0.2, 0.25) is 0 Å². The molecule has 7 heteroatoms. The van der Waals surface area contributed by atoms with Gasteiger partial charge in [-0.15, -0.1) is 0 Å². The minimum absolute atomic E-state index is 0.111. The highest BCUT2D eigenvalue weighted by Crippen LogP contribution is 2.44. The second kappa shape index (κ2) is 4.07. The van der Waals surface area contributed by atoms with Crippen molar-refractivity contribution in [2.24, 2.45) is 7.05 Å². The van der Waals surface area contributed by atoms with E-state index in [-0.39, 0.29) is 11.5 Å². The average Bonchev–Trinajstić information content (AvgIpc) is 2.59. The molecule has 0 N–H and O–H groups in total. The van der Waals surface area contributed by atoms with Crippen LogP contribution in [0.3, 0.4) is 0 Å². The number of halogens is 3. The second-order valence-corrected chi connectivity index (χ2v) is 5.18. The number of rotatable bonds is 0. The van der Waals surface area contributed by atoms with E-state index in [0.29, 0.717) is 16.6 Å². The van der Waals surface area contributed by atoms with Crippen molar-refractivity contribution in [1.82, 2.24) is 4.57 Å². The lowest BCUT2D eigenvalue weighted by Gasteiger charge is -2.21. The van der Waals surface area contributed by atoms with E-state index in [1.54, 1.807) is 13.1 Å². The monoisotopic (exact) mass is 296 g/mol. The summed E-state index contributed by atoms with van der Waals surface area (Å²) in [6.45, 7) is 0.926. The molecule has 3 rings (SSSR count). The number of fused-ring (bicyclic) bond motifs is 2. The summed E-state index contributed by atoms with van der Waals surface area (Å²) in [6.07, 6.45) is -4.87. The maximum atomic E-state index is 14.0. The molecule has 0 saturated carbocycles. The minimum Gasteiger partial charge on any atom is -0.454 e. The van der Waals surface area contributed by atoms with E-state index >= 15 is 0 Å². The molecule has 0 bridgehead atoms. The summed E-state index contributed by atoms with van der Waals surface area (Å²) >= 11 is 0. The van der Waals surface area contributed by atoms with Crippen molar-refractivity contribution in [3.8, 4) is 17.6 Å². The van der Waals surface area contributed by atoms with Crippen LogP contribution in [0.2, 0.25) is 0 Å². The number of nitriles is 1. The molecule has 1 aromatic carbocycles. The third-order valence-corrected chi connectivity index (χ3v) is 3.33. The normalized spacial score (nSPS) is 23.6. The summed E-state index contributed by atoms with van der Waals surface area (Å²) in [5.74, 6) is -2.91. The van der Waals surface area contributed by atoms with E-state index in [9.17, 15) is 13.2 Å². The van der Waals surface area contributed by atoms with Gasteiger partial charge in [-0.25, -0.2) is 0 Å².